The molecule has 1 aliphatic rings. The number of carbonyl (C=O) groups excluding carboxylic acids is 2. The molecule has 2 rings (SSSR count). The van der Waals surface area contributed by atoms with E-state index in [0.29, 0.717) is 19.6 Å². The molecule has 8 heteroatoms. The molecule has 0 saturated carbocycles. The number of nitrogens with zero attached hydrogens (tertiary/aromatic N) is 1. The molecule has 1 aromatic rings. The first-order chi connectivity index (χ1) is 11.3. The average molecular weight is 343 g/mol. The number of hydrogen-bond acceptors (Lipinski definition) is 3. The van der Waals surface area contributed by atoms with Crippen molar-refractivity contribution in [3.8, 4) is 0 Å². The van der Waals surface area contributed by atoms with Gasteiger partial charge in [0.25, 0.3) is 0 Å². The fourth-order valence-electron chi connectivity index (χ4n) is 2.77. The van der Waals surface area contributed by atoms with Gasteiger partial charge in [0.2, 0.25) is 11.8 Å². The van der Waals surface area contributed by atoms with E-state index in [2.05, 4.69) is 10.6 Å². The highest BCUT2D eigenvalue weighted by Gasteiger charge is 2.36. The molecule has 0 aliphatic carbocycles. The minimum absolute atomic E-state index is 0.0345. The first kappa shape index (κ1) is 18.3. The maximum Gasteiger partial charge on any atom is 0.416 e. The van der Waals surface area contributed by atoms with Crippen LogP contribution in [0.5, 0.6) is 0 Å². The molecule has 0 unspecified atom stereocenters. The Morgan fingerprint density at radius 2 is 2.08 bits per heavy atom. The van der Waals surface area contributed by atoms with Gasteiger partial charge in [-0.1, -0.05) is 18.2 Å². The van der Waals surface area contributed by atoms with Crippen LogP contribution in [0.4, 0.5) is 13.2 Å². The Kier molecular flexibility index (Phi) is 5.82. The number of alkyl halides is 3. The zero-order valence-electron chi connectivity index (χ0n) is 13.3. The van der Waals surface area contributed by atoms with Crippen LogP contribution in [0.1, 0.15) is 24.5 Å². The summed E-state index contributed by atoms with van der Waals surface area (Å²) in [6.45, 7) is 2.90. The summed E-state index contributed by atoms with van der Waals surface area (Å²) in [4.78, 5) is 25.5. The summed E-state index contributed by atoms with van der Waals surface area (Å²) in [5, 5.41) is 5.27. The van der Waals surface area contributed by atoms with Crippen molar-refractivity contribution in [3.63, 3.8) is 0 Å². The highest BCUT2D eigenvalue weighted by molar-refractivity contribution is 5.88. The monoisotopic (exact) mass is 343 g/mol. The first-order valence-electron chi connectivity index (χ1n) is 7.76. The SMILES string of the molecule is CCNC(=O)C[C@@H]1C(=O)NCCN1Cc1ccccc1C(F)(F)F. The Balaban J connectivity index is 2.20. The molecule has 1 fully saturated rings. The van der Waals surface area contributed by atoms with Crippen LogP contribution in [0, 0.1) is 0 Å². The van der Waals surface area contributed by atoms with E-state index in [-0.39, 0.29) is 30.3 Å². The van der Waals surface area contributed by atoms with Gasteiger partial charge in [0.15, 0.2) is 0 Å². The standard InChI is InChI=1S/C16H20F3N3O2/c1-2-20-14(23)9-13-15(24)21-7-8-22(13)10-11-5-3-4-6-12(11)16(17,18)19/h3-6,13H,2,7-10H2,1H3,(H,20,23)(H,21,24)/t13-/m1/s1. The second-order valence-electron chi connectivity index (χ2n) is 5.59. The van der Waals surface area contributed by atoms with Crippen LogP contribution in [0.25, 0.3) is 0 Å². The van der Waals surface area contributed by atoms with Crippen molar-refractivity contribution in [1.29, 1.82) is 0 Å². The third kappa shape index (κ3) is 4.47. The predicted molar refractivity (Wildman–Crippen MR) is 82.0 cm³/mol. The number of carbonyl (C=O) groups is 2. The molecular weight excluding hydrogens is 323 g/mol. The van der Waals surface area contributed by atoms with Crippen molar-refractivity contribution in [3.05, 3.63) is 35.4 Å². The van der Waals surface area contributed by atoms with Gasteiger partial charge in [0.1, 0.15) is 0 Å². The van der Waals surface area contributed by atoms with Gasteiger partial charge in [-0.2, -0.15) is 13.2 Å². The highest BCUT2D eigenvalue weighted by atomic mass is 19.4. The van der Waals surface area contributed by atoms with Crippen LogP contribution >= 0.6 is 0 Å². The quantitative estimate of drug-likeness (QED) is 0.852. The summed E-state index contributed by atoms with van der Waals surface area (Å²) in [5.41, 5.74) is -0.617. The minimum atomic E-state index is -4.45. The fraction of sp³-hybridized carbons (Fsp3) is 0.500. The minimum Gasteiger partial charge on any atom is -0.356 e. The van der Waals surface area contributed by atoms with Crippen LogP contribution in [0.15, 0.2) is 24.3 Å². The van der Waals surface area contributed by atoms with E-state index in [0.717, 1.165) is 6.07 Å². The summed E-state index contributed by atoms with van der Waals surface area (Å²) < 4.78 is 39.4. The van der Waals surface area contributed by atoms with Gasteiger partial charge in [0, 0.05) is 26.2 Å². The van der Waals surface area contributed by atoms with Crippen molar-refractivity contribution in [2.24, 2.45) is 0 Å². The van der Waals surface area contributed by atoms with E-state index in [1.807, 2.05) is 0 Å². The van der Waals surface area contributed by atoms with Gasteiger partial charge in [-0.3, -0.25) is 14.5 Å². The molecule has 5 nitrogen and oxygen atoms in total. The summed E-state index contributed by atoms with van der Waals surface area (Å²) in [6.07, 6.45) is -4.53. The molecule has 24 heavy (non-hydrogen) atoms. The first-order valence-corrected chi connectivity index (χ1v) is 7.76. The molecule has 1 aromatic carbocycles. The van der Waals surface area contributed by atoms with Crippen molar-refractivity contribution < 1.29 is 22.8 Å². The fourth-order valence-corrected chi connectivity index (χ4v) is 2.77. The summed E-state index contributed by atoms with van der Waals surface area (Å²) in [7, 11) is 0. The molecule has 2 amide bonds. The molecule has 1 atom stereocenters. The van der Waals surface area contributed by atoms with Gasteiger partial charge >= 0.3 is 6.18 Å². The van der Waals surface area contributed by atoms with Crippen molar-refractivity contribution in [2.45, 2.75) is 32.1 Å². The molecule has 132 valence electrons. The second-order valence-corrected chi connectivity index (χ2v) is 5.59. The zero-order valence-corrected chi connectivity index (χ0v) is 13.3. The number of nitrogens with one attached hydrogen (secondary N) is 2. The molecule has 0 radical (unpaired) electrons. The normalized spacial score (nSPS) is 19.0. The summed E-state index contributed by atoms with van der Waals surface area (Å²) in [6, 6.07) is 4.53. The van der Waals surface area contributed by atoms with Gasteiger partial charge in [-0.25, -0.2) is 0 Å². The number of piperazine rings is 1. The van der Waals surface area contributed by atoms with Gasteiger partial charge in [-0.15, -0.1) is 0 Å². The molecule has 0 aromatic heterocycles. The zero-order chi connectivity index (χ0) is 17.7. The molecule has 1 aliphatic heterocycles. The topological polar surface area (TPSA) is 61.4 Å². The lowest BCUT2D eigenvalue weighted by Crippen LogP contribution is -2.56. The van der Waals surface area contributed by atoms with E-state index in [1.54, 1.807) is 11.8 Å². The lowest BCUT2D eigenvalue weighted by atomic mass is 10.0. The average Bonchev–Trinajstić information content (AvgIpc) is 2.50. The van der Waals surface area contributed by atoms with E-state index in [9.17, 15) is 22.8 Å². The Morgan fingerprint density at radius 3 is 2.75 bits per heavy atom. The molecule has 1 heterocycles. The van der Waals surface area contributed by atoms with E-state index < -0.39 is 17.8 Å². The van der Waals surface area contributed by atoms with Gasteiger partial charge in [-0.05, 0) is 18.6 Å². The Morgan fingerprint density at radius 1 is 1.38 bits per heavy atom. The van der Waals surface area contributed by atoms with Crippen molar-refractivity contribution in [1.82, 2.24) is 15.5 Å². The largest absolute Gasteiger partial charge is 0.416 e. The van der Waals surface area contributed by atoms with Crippen molar-refractivity contribution >= 4 is 11.8 Å². The number of benzene rings is 1. The summed E-state index contributed by atoms with van der Waals surface area (Å²) >= 11 is 0. The Labute approximate surface area is 138 Å². The van der Waals surface area contributed by atoms with Crippen LogP contribution < -0.4 is 10.6 Å². The molecule has 1 saturated heterocycles. The number of amides is 2. The Bertz CT molecular complexity index is 604. The van der Waals surface area contributed by atoms with Crippen molar-refractivity contribution in [2.75, 3.05) is 19.6 Å². The van der Waals surface area contributed by atoms with Crippen LogP contribution in [0.2, 0.25) is 0 Å². The number of hydrogen-bond donors (Lipinski definition) is 2. The van der Waals surface area contributed by atoms with E-state index in [1.165, 1.54) is 18.2 Å². The molecular formula is C16H20F3N3O2. The summed E-state index contributed by atoms with van der Waals surface area (Å²) in [5.74, 6) is -0.634. The third-order valence-corrected chi connectivity index (χ3v) is 3.89. The van der Waals surface area contributed by atoms with Crippen LogP contribution in [-0.2, 0) is 22.3 Å². The molecule has 2 N–H and O–H groups in total. The number of halogens is 3. The lowest BCUT2D eigenvalue weighted by molar-refractivity contribution is -0.139. The van der Waals surface area contributed by atoms with Gasteiger partial charge < -0.3 is 10.6 Å². The number of rotatable bonds is 5. The predicted octanol–water partition coefficient (Wildman–Crippen LogP) is 1.53. The molecule has 0 bridgehead atoms. The van der Waals surface area contributed by atoms with Gasteiger partial charge in [0.05, 0.1) is 18.0 Å². The van der Waals surface area contributed by atoms with E-state index in [4.69, 9.17) is 0 Å². The smallest absolute Gasteiger partial charge is 0.356 e. The van der Waals surface area contributed by atoms with Crippen LogP contribution in [-0.4, -0.2) is 42.4 Å². The lowest BCUT2D eigenvalue weighted by Gasteiger charge is -2.35. The van der Waals surface area contributed by atoms with Crippen LogP contribution in [0.3, 0.4) is 0 Å². The maximum absolute atomic E-state index is 13.1. The third-order valence-electron chi connectivity index (χ3n) is 3.89. The maximum atomic E-state index is 13.1. The Hall–Kier alpha value is -2.09. The molecule has 0 spiro atoms. The van der Waals surface area contributed by atoms with E-state index >= 15 is 0 Å². The second kappa shape index (κ2) is 7.65. The highest BCUT2D eigenvalue weighted by Crippen LogP contribution is 2.32.